The number of nitrogens with zero attached hydrogens (tertiary/aromatic N) is 7. The zero-order valence-corrected chi connectivity index (χ0v) is 16.8. The molecular formula is C18H24N8S. The van der Waals surface area contributed by atoms with Gasteiger partial charge in [0.05, 0.1) is 5.25 Å². The van der Waals surface area contributed by atoms with Crippen LogP contribution in [0.2, 0.25) is 0 Å². The summed E-state index contributed by atoms with van der Waals surface area (Å²) in [6.07, 6.45) is 0.750. The van der Waals surface area contributed by atoms with Crippen LogP contribution in [0.4, 0.5) is 11.9 Å². The second kappa shape index (κ2) is 8.34. The molecule has 2 heterocycles. The van der Waals surface area contributed by atoms with E-state index in [0.717, 1.165) is 23.9 Å². The summed E-state index contributed by atoms with van der Waals surface area (Å²) in [5, 5.41) is 9.60. The average molecular weight is 385 g/mol. The van der Waals surface area contributed by atoms with Crippen LogP contribution in [0.1, 0.15) is 36.3 Å². The van der Waals surface area contributed by atoms with Gasteiger partial charge in [-0.05, 0) is 19.4 Å². The first-order valence-electron chi connectivity index (χ1n) is 8.79. The minimum Gasteiger partial charge on any atom is -0.368 e. The maximum atomic E-state index is 5.84. The zero-order valence-electron chi connectivity index (χ0n) is 16.0. The van der Waals surface area contributed by atoms with E-state index in [1.807, 2.05) is 44.1 Å². The first-order valence-corrected chi connectivity index (χ1v) is 9.67. The van der Waals surface area contributed by atoms with Gasteiger partial charge >= 0.3 is 0 Å². The smallest absolute Gasteiger partial charge is 0.229 e. The molecule has 1 aromatic carbocycles. The fraction of sp³-hybridized carbons (Fsp3) is 0.389. The van der Waals surface area contributed by atoms with E-state index in [1.54, 1.807) is 11.8 Å². The molecule has 1 atom stereocenters. The Morgan fingerprint density at radius 3 is 2.52 bits per heavy atom. The lowest BCUT2D eigenvalue weighted by atomic mass is 10.1. The summed E-state index contributed by atoms with van der Waals surface area (Å²) in [6, 6.07) is 10.3. The molecule has 0 saturated heterocycles. The van der Waals surface area contributed by atoms with Crippen molar-refractivity contribution in [2.75, 3.05) is 24.7 Å². The maximum Gasteiger partial charge on any atom is 0.229 e. The second-order valence-corrected chi connectivity index (χ2v) is 7.62. The highest BCUT2D eigenvalue weighted by Crippen LogP contribution is 2.33. The summed E-state index contributed by atoms with van der Waals surface area (Å²) in [5.41, 5.74) is 7.06. The molecular weight excluding hydrogens is 360 g/mol. The second-order valence-electron chi connectivity index (χ2n) is 6.31. The number of nitrogen functional groups attached to an aromatic ring is 1. The Balaban J connectivity index is 1.81. The summed E-state index contributed by atoms with van der Waals surface area (Å²) in [7, 11) is 3.75. The summed E-state index contributed by atoms with van der Waals surface area (Å²) >= 11 is 1.57. The number of hydrogen-bond acceptors (Lipinski definition) is 8. The van der Waals surface area contributed by atoms with E-state index in [0.29, 0.717) is 11.8 Å². The fourth-order valence-corrected chi connectivity index (χ4v) is 3.60. The van der Waals surface area contributed by atoms with E-state index >= 15 is 0 Å². The summed E-state index contributed by atoms with van der Waals surface area (Å²) < 4.78 is 2.13. The molecule has 0 radical (unpaired) electrons. The standard InChI is InChI=1S/C18H24N8S/c1-5-26-14(11-13-9-7-6-8-10-13)23-24-18(26)27-12(2)15-20-16(19)22-17(21-15)25(3)4/h6-10,12H,5,11H2,1-4H3,(H2,19,20,21,22). The third-order valence-corrected chi connectivity index (χ3v) is 5.10. The van der Waals surface area contributed by atoms with Crippen molar-refractivity contribution in [3.63, 3.8) is 0 Å². The number of rotatable bonds is 7. The molecule has 9 heteroatoms. The van der Waals surface area contributed by atoms with Gasteiger partial charge in [0.15, 0.2) is 5.16 Å². The van der Waals surface area contributed by atoms with Crippen molar-refractivity contribution < 1.29 is 0 Å². The molecule has 0 bridgehead atoms. The molecule has 0 spiro atoms. The summed E-state index contributed by atoms with van der Waals surface area (Å²) in [4.78, 5) is 14.8. The Morgan fingerprint density at radius 1 is 1.11 bits per heavy atom. The van der Waals surface area contributed by atoms with Crippen LogP contribution in [0, 0.1) is 0 Å². The first-order chi connectivity index (χ1) is 13.0. The Morgan fingerprint density at radius 2 is 1.85 bits per heavy atom. The Kier molecular flexibility index (Phi) is 5.90. The van der Waals surface area contributed by atoms with Gasteiger partial charge in [0.25, 0.3) is 0 Å². The molecule has 3 aromatic rings. The highest BCUT2D eigenvalue weighted by molar-refractivity contribution is 7.99. The van der Waals surface area contributed by atoms with Crippen LogP contribution in [-0.2, 0) is 13.0 Å². The molecule has 0 saturated carbocycles. The van der Waals surface area contributed by atoms with Gasteiger partial charge in [0.1, 0.15) is 11.6 Å². The molecule has 3 rings (SSSR count). The third-order valence-electron chi connectivity index (χ3n) is 4.02. The lowest BCUT2D eigenvalue weighted by Crippen LogP contribution is -2.16. The lowest BCUT2D eigenvalue weighted by molar-refractivity contribution is 0.649. The fourth-order valence-electron chi connectivity index (χ4n) is 2.62. The normalized spacial score (nSPS) is 12.1. The minimum atomic E-state index is -0.0342. The van der Waals surface area contributed by atoms with Crippen LogP contribution in [0.15, 0.2) is 35.5 Å². The van der Waals surface area contributed by atoms with Crippen LogP contribution < -0.4 is 10.6 Å². The molecule has 0 fully saturated rings. The molecule has 0 aliphatic heterocycles. The van der Waals surface area contributed by atoms with Crippen molar-refractivity contribution in [2.24, 2.45) is 0 Å². The van der Waals surface area contributed by atoms with Crippen LogP contribution in [-0.4, -0.2) is 43.8 Å². The largest absolute Gasteiger partial charge is 0.368 e. The van der Waals surface area contributed by atoms with E-state index in [1.165, 1.54) is 5.56 Å². The predicted octanol–water partition coefficient (Wildman–Crippen LogP) is 2.58. The molecule has 142 valence electrons. The predicted molar refractivity (Wildman–Crippen MR) is 108 cm³/mol. The van der Waals surface area contributed by atoms with Crippen LogP contribution in [0.3, 0.4) is 0 Å². The van der Waals surface area contributed by atoms with Crippen LogP contribution in [0.25, 0.3) is 0 Å². The number of thioether (sulfide) groups is 1. The maximum absolute atomic E-state index is 5.84. The topological polar surface area (TPSA) is 98.6 Å². The van der Waals surface area contributed by atoms with Crippen molar-refractivity contribution in [3.05, 3.63) is 47.5 Å². The van der Waals surface area contributed by atoms with Crippen molar-refractivity contribution in [3.8, 4) is 0 Å². The molecule has 0 aliphatic carbocycles. The lowest BCUT2D eigenvalue weighted by Gasteiger charge is -2.15. The van der Waals surface area contributed by atoms with Gasteiger partial charge < -0.3 is 15.2 Å². The van der Waals surface area contributed by atoms with E-state index in [4.69, 9.17) is 5.73 Å². The number of hydrogen-bond donors (Lipinski definition) is 1. The molecule has 2 aromatic heterocycles. The molecule has 8 nitrogen and oxygen atoms in total. The van der Waals surface area contributed by atoms with Crippen LogP contribution in [0.5, 0.6) is 0 Å². The number of anilines is 2. The first kappa shape index (κ1) is 19.1. The quantitative estimate of drug-likeness (QED) is 0.621. The highest BCUT2D eigenvalue weighted by atomic mass is 32.2. The van der Waals surface area contributed by atoms with Crippen molar-refractivity contribution in [1.29, 1.82) is 0 Å². The van der Waals surface area contributed by atoms with E-state index < -0.39 is 0 Å². The average Bonchev–Trinajstić information content (AvgIpc) is 3.03. The zero-order chi connectivity index (χ0) is 19.4. The van der Waals surface area contributed by atoms with Gasteiger partial charge in [0.2, 0.25) is 11.9 Å². The Bertz CT molecular complexity index is 894. The minimum absolute atomic E-state index is 0.0342. The van der Waals surface area contributed by atoms with E-state index in [9.17, 15) is 0 Å². The number of nitrogens with two attached hydrogens (primary N) is 1. The van der Waals surface area contributed by atoms with Crippen molar-refractivity contribution in [1.82, 2.24) is 29.7 Å². The molecule has 1 unspecified atom stereocenters. The van der Waals surface area contributed by atoms with E-state index in [2.05, 4.69) is 48.8 Å². The summed E-state index contributed by atoms with van der Waals surface area (Å²) in [6.45, 7) is 4.93. The monoisotopic (exact) mass is 384 g/mol. The van der Waals surface area contributed by atoms with E-state index in [-0.39, 0.29) is 11.2 Å². The number of aromatic nitrogens is 6. The molecule has 27 heavy (non-hydrogen) atoms. The van der Waals surface area contributed by atoms with Crippen LogP contribution >= 0.6 is 11.8 Å². The van der Waals surface area contributed by atoms with Gasteiger partial charge in [-0.3, -0.25) is 0 Å². The van der Waals surface area contributed by atoms with Gasteiger partial charge in [-0.2, -0.15) is 15.0 Å². The molecule has 2 N–H and O–H groups in total. The van der Waals surface area contributed by atoms with Crippen molar-refractivity contribution >= 4 is 23.7 Å². The van der Waals surface area contributed by atoms with Crippen molar-refractivity contribution in [2.45, 2.75) is 37.2 Å². The van der Waals surface area contributed by atoms with Gasteiger partial charge in [-0.25, -0.2) is 0 Å². The van der Waals surface area contributed by atoms with Gasteiger partial charge in [-0.1, -0.05) is 42.1 Å². The van der Waals surface area contributed by atoms with Gasteiger partial charge in [-0.15, -0.1) is 10.2 Å². The van der Waals surface area contributed by atoms with Gasteiger partial charge in [0, 0.05) is 27.1 Å². The molecule has 0 aliphatic rings. The SMILES string of the molecule is CCn1c(Cc2ccccc2)nnc1SC(C)c1nc(N)nc(N(C)C)n1. The Labute approximate surface area is 163 Å². The molecule has 0 amide bonds. The number of benzene rings is 1. The summed E-state index contributed by atoms with van der Waals surface area (Å²) in [5.74, 6) is 2.35. The third kappa shape index (κ3) is 4.54. The highest BCUT2D eigenvalue weighted by Gasteiger charge is 2.19. The Hall–Kier alpha value is -2.68.